The summed E-state index contributed by atoms with van der Waals surface area (Å²) in [6.07, 6.45) is 1.34. The highest BCUT2D eigenvalue weighted by molar-refractivity contribution is 5.87. The number of rotatable bonds is 3. The summed E-state index contributed by atoms with van der Waals surface area (Å²) in [7, 11) is 0. The lowest BCUT2D eigenvalue weighted by Gasteiger charge is -2.26. The minimum Gasteiger partial charge on any atom is -0.480 e. The number of carboxylic acids is 1. The summed E-state index contributed by atoms with van der Waals surface area (Å²) in [5, 5.41) is 11.4. The first-order valence-electron chi connectivity index (χ1n) is 5.06. The molecule has 0 aromatic carbocycles. The van der Waals surface area contributed by atoms with Gasteiger partial charge in [-0.3, -0.25) is 4.79 Å². The van der Waals surface area contributed by atoms with Crippen molar-refractivity contribution in [3.05, 3.63) is 0 Å². The molecule has 0 spiro atoms. The van der Waals surface area contributed by atoms with E-state index in [0.29, 0.717) is 26.1 Å². The highest BCUT2D eigenvalue weighted by Crippen LogP contribution is 2.16. The Morgan fingerprint density at radius 2 is 1.87 bits per heavy atom. The molecule has 0 unspecified atom stereocenters. The quantitative estimate of drug-likeness (QED) is 0.714. The van der Waals surface area contributed by atoms with Gasteiger partial charge >= 0.3 is 5.97 Å². The van der Waals surface area contributed by atoms with Crippen molar-refractivity contribution in [2.24, 2.45) is 5.92 Å². The minimum absolute atomic E-state index is 0.114. The Morgan fingerprint density at radius 3 is 2.33 bits per heavy atom. The Hall–Kier alpha value is -1.10. The van der Waals surface area contributed by atoms with E-state index in [9.17, 15) is 9.59 Å². The molecule has 86 valence electrons. The van der Waals surface area contributed by atoms with Gasteiger partial charge in [0.05, 0.1) is 0 Å². The monoisotopic (exact) mass is 215 g/mol. The second-order valence-corrected chi connectivity index (χ2v) is 4.31. The SMILES string of the molecule is CC(C)(NC(=O)C1CCOCC1)C(=O)O. The highest BCUT2D eigenvalue weighted by Gasteiger charge is 2.32. The first kappa shape index (κ1) is 12.0. The van der Waals surface area contributed by atoms with Crippen LogP contribution in [0.2, 0.25) is 0 Å². The van der Waals surface area contributed by atoms with Crippen molar-refractivity contribution < 1.29 is 19.4 Å². The van der Waals surface area contributed by atoms with Crippen LogP contribution in [0.25, 0.3) is 0 Å². The molecule has 15 heavy (non-hydrogen) atoms. The molecule has 1 aliphatic heterocycles. The Balaban J connectivity index is 2.50. The molecule has 0 aliphatic carbocycles. The maximum atomic E-state index is 11.7. The van der Waals surface area contributed by atoms with E-state index in [2.05, 4.69) is 5.32 Å². The molecule has 2 N–H and O–H groups in total. The van der Waals surface area contributed by atoms with E-state index < -0.39 is 11.5 Å². The predicted octanol–water partition coefficient (Wildman–Crippen LogP) is 0.392. The molecule has 0 aromatic rings. The van der Waals surface area contributed by atoms with E-state index in [1.807, 2.05) is 0 Å². The average Bonchev–Trinajstić information content (AvgIpc) is 2.18. The zero-order valence-corrected chi connectivity index (χ0v) is 9.08. The third-order valence-corrected chi connectivity index (χ3v) is 2.56. The van der Waals surface area contributed by atoms with Crippen molar-refractivity contribution in [3.63, 3.8) is 0 Å². The molecule has 0 atom stereocenters. The van der Waals surface area contributed by atoms with Crippen LogP contribution in [0, 0.1) is 5.92 Å². The lowest BCUT2D eigenvalue weighted by molar-refractivity contribution is -0.147. The van der Waals surface area contributed by atoms with Crippen molar-refractivity contribution in [1.82, 2.24) is 5.32 Å². The van der Waals surface area contributed by atoms with Gasteiger partial charge in [0.15, 0.2) is 0 Å². The number of hydrogen-bond donors (Lipinski definition) is 2. The first-order chi connectivity index (χ1) is 6.93. The van der Waals surface area contributed by atoms with E-state index in [-0.39, 0.29) is 11.8 Å². The Labute approximate surface area is 88.8 Å². The molecule has 0 bridgehead atoms. The van der Waals surface area contributed by atoms with Crippen molar-refractivity contribution in [2.45, 2.75) is 32.2 Å². The number of ether oxygens (including phenoxy) is 1. The number of carbonyl (C=O) groups is 2. The zero-order valence-electron chi connectivity index (χ0n) is 9.08. The normalized spacial score (nSPS) is 18.5. The maximum Gasteiger partial charge on any atom is 0.328 e. The summed E-state index contributed by atoms with van der Waals surface area (Å²) in [6, 6.07) is 0. The minimum atomic E-state index is -1.20. The van der Waals surface area contributed by atoms with Crippen LogP contribution in [-0.4, -0.2) is 35.7 Å². The Bertz CT molecular complexity index is 256. The molecule has 1 amide bonds. The average molecular weight is 215 g/mol. The molecular weight excluding hydrogens is 198 g/mol. The van der Waals surface area contributed by atoms with Gasteiger partial charge in [-0.05, 0) is 26.7 Å². The van der Waals surface area contributed by atoms with Gasteiger partial charge < -0.3 is 15.2 Å². The molecular formula is C10H17NO4. The van der Waals surface area contributed by atoms with E-state index in [1.54, 1.807) is 0 Å². The van der Waals surface area contributed by atoms with Crippen LogP contribution in [-0.2, 0) is 14.3 Å². The number of carboxylic acid groups (broad SMARTS) is 1. The molecule has 0 aromatic heterocycles. The van der Waals surface area contributed by atoms with Gasteiger partial charge in [0.2, 0.25) is 5.91 Å². The Kier molecular flexibility index (Phi) is 3.68. The van der Waals surface area contributed by atoms with Crippen molar-refractivity contribution in [2.75, 3.05) is 13.2 Å². The van der Waals surface area contributed by atoms with Crippen LogP contribution in [0.4, 0.5) is 0 Å². The summed E-state index contributed by atoms with van der Waals surface area (Å²) >= 11 is 0. The third-order valence-electron chi connectivity index (χ3n) is 2.56. The second-order valence-electron chi connectivity index (χ2n) is 4.31. The van der Waals surface area contributed by atoms with Gasteiger partial charge in [0, 0.05) is 19.1 Å². The molecule has 1 fully saturated rings. The molecule has 5 nitrogen and oxygen atoms in total. The van der Waals surface area contributed by atoms with Crippen molar-refractivity contribution in [1.29, 1.82) is 0 Å². The summed E-state index contributed by atoms with van der Waals surface area (Å²) in [5.74, 6) is -1.33. The summed E-state index contributed by atoms with van der Waals surface area (Å²) in [4.78, 5) is 22.5. The largest absolute Gasteiger partial charge is 0.480 e. The molecule has 1 rings (SSSR count). The molecule has 1 saturated heterocycles. The van der Waals surface area contributed by atoms with E-state index in [0.717, 1.165) is 0 Å². The highest BCUT2D eigenvalue weighted by atomic mass is 16.5. The van der Waals surface area contributed by atoms with Crippen molar-refractivity contribution >= 4 is 11.9 Å². The van der Waals surface area contributed by atoms with Crippen LogP contribution in [0.15, 0.2) is 0 Å². The van der Waals surface area contributed by atoms with Crippen LogP contribution >= 0.6 is 0 Å². The molecule has 1 aliphatic rings. The van der Waals surface area contributed by atoms with Gasteiger partial charge in [-0.2, -0.15) is 0 Å². The number of hydrogen-bond acceptors (Lipinski definition) is 3. The fourth-order valence-electron chi connectivity index (χ4n) is 1.42. The third kappa shape index (κ3) is 3.20. The van der Waals surface area contributed by atoms with Crippen LogP contribution in [0.5, 0.6) is 0 Å². The van der Waals surface area contributed by atoms with Gasteiger partial charge in [-0.25, -0.2) is 4.79 Å². The van der Waals surface area contributed by atoms with Gasteiger partial charge in [-0.15, -0.1) is 0 Å². The fraction of sp³-hybridized carbons (Fsp3) is 0.800. The summed E-state index contributed by atoms with van der Waals surface area (Å²) in [5.41, 5.74) is -1.20. The van der Waals surface area contributed by atoms with Crippen LogP contribution in [0.3, 0.4) is 0 Å². The maximum absolute atomic E-state index is 11.7. The smallest absolute Gasteiger partial charge is 0.328 e. The summed E-state index contributed by atoms with van der Waals surface area (Å²) in [6.45, 7) is 4.11. The van der Waals surface area contributed by atoms with Gasteiger partial charge in [-0.1, -0.05) is 0 Å². The number of aliphatic carboxylic acids is 1. The summed E-state index contributed by atoms with van der Waals surface area (Å²) < 4.78 is 5.13. The molecule has 0 saturated carbocycles. The number of nitrogens with one attached hydrogen (secondary N) is 1. The molecule has 1 heterocycles. The van der Waals surface area contributed by atoms with Gasteiger partial charge in [0.25, 0.3) is 0 Å². The Morgan fingerprint density at radius 1 is 1.33 bits per heavy atom. The topological polar surface area (TPSA) is 75.6 Å². The number of amides is 1. The van der Waals surface area contributed by atoms with Crippen LogP contribution in [0.1, 0.15) is 26.7 Å². The predicted molar refractivity (Wildman–Crippen MR) is 53.4 cm³/mol. The second kappa shape index (κ2) is 4.61. The fourth-order valence-corrected chi connectivity index (χ4v) is 1.42. The molecule has 5 heteroatoms. The first-order valence-corrected chi connectivity index (χ1v) is 5.06. The molecule has 0 radical (unpaired) electrons. The van der Waals surface area contributed by atoms with E-state index >= 15 is 0 Å². The van der Waals surface area contributed by atoms with E-state index in [1.165, 1.54) is 13.8 Å². The number of carbonyl (C=O) groups excluding carboxylic acids is 1. The van der Waals surface area contributed by atoms with E-state index in [4.69, 9.17) is 9.84 Å². The van der Waals surface area contributed by atoms with Crippen molar-refractivity contribution in [3.8, 4) is 0 Å². The van der Waals surface area contributed by atoms with Crippen LogP contribution < -0.4 is 5.32 Å². The standard InChI is InChI=1S/C10H17NO4/c1-10(2,9(13)14)11-8(12)7-3-5-15-6-4-7/h7H,3-6H2,1-2H3,(H,11,12)(H,13,14). The zero-order chi connectivity index (χ0) is 11.5. The lowest BCUT2D eigenvalue weighted by atomic mass is 9.97. The lowest BCUT2D eigenvalue weighted by Crippen LogP contribution is -2.52. The van der Waals surface area contributed by atoms with Gasteiger partial charge in [0.1, 0.15) is 5.54 Å².